The van der Waals surface area contributed by atoms with E-state index in [1.807, 2.05) is 13.3 Å². The van der Waals surface area contributed by atoms with Crippen LogP contribution in [-0.2, 0) is 10.8 Å². The Bertz CT molecular complexity index is 1200. The van der Waals surface area contributed by atoms with Crippen LogP contribution in [0.4, 0.5) is 0 Å². The lowest BCUT2D eigenvalue weighted by Crippen LogP contribution is -2.41. The lowest BCUT2D eigenvalue weighted by atomic mass is 9.86. The lowest BCUT2D eigenvalue weighted by Gasteiger charge is -2.38. The number of benzene rings is 1. The van der Waals surface area contributed by atoms with Crippen molar-refractivity contribution in [3.05, 3.63) is 77.8 Å². The number of nitrogens with zero attached hydrogens (tertiary/aromatic N) is 4. The van der Waals surface area contributed by atoms with Crippen LogP contribution in [0.1, 0.15) is 43.0 Å². The summed E-state index contributed by atoms with van der Waals surface area (Å²) in [5.74, 6) is 1.78. The molecule has 1 aromatic carbocycles. The molecule has 7 rings (SSSR count). The van der Waals surface area contributed by atoms with Crippen LogP contribution < -0.4 is 4.74 Å². The van der Waals surface area contributed by atoms with E-state index in [-0.39, 0.29) is 5.41 Å². The number of imidazole rings is 1. The third-order valence-corrected chi connectivity index (χ3v) is 8.37. The van der Waals surface area contributed by atoms with Gasteiger partial charge in [-0.15, -0.1) is 0 Å². The van der Waals surface area contributed by atoms with Gasteiger partial charge < -0.3 is 19.1 Å². The maximum atomic E-state index is 6.15. The fourth-order valence-corrected chi connectivity index (χ4v) is 5.84. The Morgan fingerprint density at radius 3 is 2.81 bits per heavy atom. The van der Waals surface area contributed by atoms with Crippen LogP contribution in [0.2, 0.25) is 0 Å². The van der Waals surface area contributed by atoms with Gasteiger partial charge in [-0.2, -0.15) is 0 Å². The second-order valence-corrected chi connectivity index (χ2v) is 10.7. The third-order valence-electron chi connectivity index (χ3n) is 8.37. The van der Waals surface area contributed by atoms with E-state index < -0.39 is 0 Å². The van der Waals surface area contributed by atoms with Crippen molar-refractivity contribution in [2.75, 3.05) is 26.2 Å². The number of fused-ring (bicyclic) bond motifs is 4. The predicted octanol–water partition coefficient (Wildman–Crippen LogP) is 4.42. The molecule has 0 spiro atoms. The summed E-state index contributed by atoms with van der Waals surface area (Å²) < 4.78 is 8.25. The Balaban J connectivity index is 1.14. The van der Waals surface area contributed by atoms with Crippen molar-refractivity contribution >= 4 is 5.70 Å². The van der Waals surface area contributed by atoms with Gasteiger partial charge in [0.15, 0.2) is 0 Å². The fourth-order valence-electron chi connectivity index (χ4n) is 5.84. The molecule has 0 amide bonds. The quantitative estimate of drug-likeness (QED) is 0.725. The van der Waals surface area contributed by atoms with E-state index >= 15 is 0 Å². The summed E-state index contributed by atoms with van der Waals surface area (Å²) in [6, 6.07) is 7.05. The van der Waals surface area contributed by atoms with Crippen molar-refractivity contribution in [1.29, 1.82) is 0 Å². The molecule has 32 heavy (non-hydrogen) atoms. The zero-order valence-corrected chi connectivity index (χ0v) is 18.9. The summed E-state index contributed by atoms with van der Waals surface area (Å²) in [6.07, 6.45) is 16.9. The molecule has 164 valence electrons. The van der Waals surface area contributed by atoms with Gasteiger partial charge in [0.1, 0.15) is 5.75 Å². The van der Waals surface area contributed by atoms with Crippen LogP contribution in [0.15, 0.2) is 61.0 Å². The summed E-state index contributed by atoms with van der Waals surface area (Å²) >= 11 is 0. The molecule has 2 saturated carbocycles. The average Bonchev–Trinajstić information content (AvgIpc) is 3.69. The number of hydrogen-bond donors (Lipinski definition) is 0. The molecule has 0 N–H and O–H groups in total. The van der Waals surface area contributed by atoms with Crippen LogP contribution in [0, 0.1) is 12.8 Å². The van der Waals surface area contributed by atoms with E-state index in [9.17, 15) is 0 Å². The minimum Gasteiger partial charge on any atom is -0.493 e. The maximum absolute atomic E-state index is 6.15. The molecular formula is C27H30N4O. The van der Waals surface area contributed by atoms with Crippen molar-refractivity contribution in [2.24, 2.45) is 5.92 Å². The monoisotopic (exact) mass is 426 g/mol. The highest BCUT2D eigenvalue weighted by Crippen LogP contribution is 2.61. The van der Waals surface area contributed by atoms with Gasteiger partial charge in [0.2, 0.25) is 0 Å². The van der Waals surface area contributed by atoms with Gasteiger partial charge in [-0.3, -0.25) is 0 Å². The van der Waals surface area contributed by atoms with Gasteiger partial charge in [-0.05, 0) is 55.4 Å². The van der Waals surface area contributed by atoms with E-state index in [4.69, 9.17) is 4.74 Å². The summed E-state index contributed by atoms with van der Waals surface area (Å²) in [4.78, 5) is 9.29. The number of aromatic nitrogens is 2. The van der Waals surface area contributed by atoms with Crippen molar-refractivity contribution in [3.8, 4) is 5.75 Å². The molecule has 4 heterocycles. The minimum atomic E-state index is 0.266. The zero-order chi connectivity index (χ0) is 21.5. The average molecular weight is 427 g/mol. The van der Waals surface area contributed by atoms with Gasteiger partial charge in [0, 0.05) is 55.1 Å². The number of allylic oxidation sites excluding steroid dienone is 3. The summed E-state index contributed by atoms with van der Waals surface area (Å²) in [5, 5.41) is 0. The topological polar surface area (TPSA) is 33.5 Å². The largest absolute Gasteiger partial charge is 0.493 e. The normalized spacial score (nSPS) is 28.8. The standard InChI is InChI=1S/C27H30N4O/c1-19-13-31(18-28-19)23-5-4-22-14-29(9-10-30(22)15-23)17-27-12-21(27)16-32-25-6-3-20(11-24(25)27)26(2)7-8-26/h3-6,11,13-15,18,21H,7-10,12,16-17H2,1-2H3/t21-,27+/m1/s1. The van der Waals surface area contributed by atoms with Crippen LogP contribution >= 0.6 is 0 Å². The number of rotatable bonds is 4. The first kappa shape index (κ1) is 18.6. The molecule has 0 saturated heterocycles. The summed E-state index contributed by atoms with van der Waals surface area (Å²) in [7, 11) is 0. The van der Waals surface area contributed by atoms with Crippen molar-refractivity contribution < 1.29 is 4.74 Å². The van der Waals surface area contributed by atoms with Gasteiger partial charge in [0.05, 0.1) is 30.0 Å². The second kappa shape index (κ2) is 6.31. The molecule has 0 radical (unpaired) electrons. The molecule has 0 bridgehead atoms. The van der Waals surface area contributed by atoms with Gasteiger partial charge >= 0.3 is 0 Å². The first-order chi connectivity index (χ1) is 15.5. The molecule has 2 aromatic rings. The van der Waals surface area contributed by atoms with Gasteiger partial charge in [0.25, 0.3) is 0 Å². The fraction of sp³-hybridized carbons (Fsp3) is 0.444. The van der Waals surface area contributed by atoms with Crippen LogP contribution in [0.3, 0.4) is 0 Å². The molecule has 1 aromatic heterocycles. The van der Waals surface area contributed by atoms with Crippen LogP contribution in [-0.4, -0.2) is 45.6 Å². The Labute approximate surface area is 189 Å². The third kappa shape index (κ3) is 2.79. The first-order valence-corrected chi connectivity index (χ1v) is 11.9. The number of aryl methyl sites for hydroxylation is 1. The summed E-state index contributed by atoms with van der Waals surface area (Å²) in [5.41, 5.74) is 7.13. The Hall–Kier alpha value is -2.95. The van der Waals surface area contributed by atoms with Crippen molar-refractivity contribution in [3.63, 3.8) is 0 Å². The zero-order valence-electron chi connectivity index (χ0n) is 18.9. The maximum Gasteiger partial charge on any atom is 0.123 e. The molecule has 2 aliphatic carbocycles. The molecule has 2 atom stereocenters. The van der Waals surface area contributed by atoms with E-state index in [1.54, 1.807) is 0 Å². The van der Waals surface area contributed by atoms with E-state index in [0.717, 1.165) is 43.4 Å². The molecule has 5 aliphatic rings. The molecule has 5 nitrogen and oxygen atoms in total. The molecule has 0 unspecified atom stereocenters. The van der Waals surface area contributed by atoms with Crippen LogP contribution in [0.5, 0.6) is 5.75 Å². The highest BCUT2D eigenvalue weighted by Gasteiger charge is 2.60. The van der Waals surface area contributed by atoms with E-state index in [0.29, 0.717) is 11.3 Å². The smallest absolute Gasteiger partial charge is 0.123 e. The van der Waals surface area contributed by atoms with E-state index in [1.165, 1.54) is 36.1 Å². The predicted molar refractivity (Wildman–Crippen MR) is 125 cm³/mol. The van der Waals surface area contributed by atoms with Crippen LogP contribution in [0.25, 0.3) is 5.70 Å². The highest BCUT2D eigenvalue weighted by atomic mass is 16.5. The van der Waals surface area contributed by atoms with E-state index in [2.05, 4.69) is 75.2 Å². The summed E-state index contributed by atoms with van der Waals surface area (Å²) in [6.45, 7) is 8.46. The molecule has 3 aliphatic heterocycles. The van der Waals surface area contributed by atoms with Gasteiger partial charge in [-0.1, -0.05) is 19.1 Å². The van der Waals surface area contributed by atoms with Gasteiger partial charge in [-0.25, -0.2) is 4.98 Å². The minimum absolute atomic E-state index is 0.266. The first-order valence-electron chi connectivity index (χ1n) is 11.9. The SMILES string of the molecule is Cc1cn(C2=CN3CCN(C[C@@]45C[C@@H]4COc4ccc(C6(C)CC6)cc45)C=C3C=C2)cn1. The molecule has 5 heteroatoms. The highest BCUT2D eigenvalue weighted by molar-refractivity contribution is 5.61. The number of ether oxygens (including phenoxy) is 1. The Kier molecular flexibility index (Phi) is 3.67. The molecule has 2 fully saturated rings. The Morgan fingerprint density at radius 1 is 1.12 bits per heavy atom. The number of hydrogen-bond acceptors (Lipinski definition) is 4. The second-order valence-electron chi connectivity index (χ2n) is 10.7. The van der Waals surface area contributed by atoms with Crippen molar-refractivity contribution in [1.82, 2.24) is 19.4 Å². The lowest BCUT2D eigenvalue weighted by molar-refractivity contribution is 0.219. The molecular weight excluding hydrogens is 396 g/mol. The van der Waals surface area contributed by atoms with Crippen molar-refractivity contribution in [2.45, 2.75) is 43.9 Å². The Morgan fingerprint density at radius 2 is 2.00 bits per heavy atom.